The Balaban J connectivity index is 1.52. The fourth-order valence-electron chi connectivity index (χ4n) is 4.82. The van der Waals surface area contributed by atoms with Gasteiger partial charge in [0.05, 0.1) is 12.1 Å². The SMILES string of the molecule is CCC(N)OCC(C)(C)NC(=O)c1ccc2c(c1)C(COC(=O)ON1C(=O)CCC1=O)C1=C2C=CC(C=O)C1. The molecular formula is C28H33N3O8. The first-order valence-electron chi connectivity index (χ1n) is 12.9. The van der Waals surface area contributed by atoms with E-state index in [0.29, 0.717) is 23.5 Å². The van der Waals surface area contributed by atoms with Crippen LogP contribution in [0.3, 0.4) is 0 Å². The van der Waals surface area contributed by atoms with Crippen LogP contribution < -0.4 is 11.1 Å². The molecule has 3 atom stereocenters. The van der Waals surface area contributed by atoms with E-state index in [1.807, 2.05) is 39.0 Å². The molecule has 0 radical (unpaired) electrons. The van der Waals surface area contributed by atoms with Gasteiger partial charge >= 0.3 is 6.16 Å². The fraction of sp³-hybridized carbons (Fsp3) is 0.464. The number of hydrogen-bond acceptors (Lipinski definition) is 9. The van der Waals surface area contributed by atoms with Gasteiger partial charge in [-0.05, 0) is 55.5 Å². The van der Waals surface area contributed by atoms with Gasteiger partial charge in [0.15, 0.2) is 0 Å². The highest BCUT2D eigenvalue weighted by molar-refractivity contribution is 6.01. The number of amides is 3. The van der Waals surface area contributed by atoms with Gasteiger partial charge in [0.25, 0.3) is 17.7 Å². The van der Waals surface area contributed by atoms with Crippen molar-refractivity contribution in [2.24, 2.45) is 11.7 Å². The van der Waals surface area contributed by atoms with Crippen molar-refractivity contribution in [1.29, 1.82) is 0 Å². The van der Waals surface area contributed by atoms with Crippen LogP contribution in [-0.4, -0.2) is 60.2 Å². The van der Waals surface area contributed by atoms with Gasteiger partial charge in [-0.25, -0.2) is 4.79 Å². The summed E-state index contributed by atoms with van der Waals surface area (Å²) in [4.78, 5) is 65.4. The topological polar surface area (TPSA) is 154 Å². The van der Waals surface area contributed by atoms with E-state index in [-0.39, 0.29) is 37.9 Å². The Morgan fingerprint density at radius 1 is 1.23 bits per heavy atom. The third kappa shape index (κ3) is 6.26. The molecule has 11 heteroatoms. The monoisotopic (exact) mass is 539 g/mol. The molecule has 0 spiro atoms. The summed E-state index contributed by atoms with van der Waals surface area (Å²) >= 11 is 0. The van der Waals surface area contributed by atoms with Crippen LogP contribution in [0.4, 0.5) is 4.79 Å². The van der Waals surface area contributed by atoms with Crippen LogP contribution >= 0.6 is 0 Å². The quantitative estimate of drug-likeness (QED) is 0.198. The number of benzene rings is 1. The molecule has 11 nitrogen and oxygen atoms in total. The lowest BCUT2D eigenvalue weighted by atomic mass is 9.86. The van der Waals surface area contributed by atoms with Crippen LogP contribution in [0.5, 0.6) is 0 Å². The predicted molar refractivity (Wildman–Crippen MR) is 139 cm³/mol. The van der Waals surface area contributed by atoms with Crippen molar-refractivity contribution in [2.45, 2.75) is 64.1 Å². The number of carbonyl (C=O) groups is 5. The van der Waals surface area contributed by atoms with E-state index in [9.17, 15) is 24.0 Å². The van der Waals surface area contributed by atoms with Gasteiger partial charge in [-0.3, -0.25) is 19.2 Å². The number of ether oxygens (including phenoxy) is 2. The van der Waals surface area contributed by atoms with E-state index in [2.05, 4.69) is 5.32 Å². The Bertz CT molecular complexity index is 1240. The average molecular weight is 540 g/mol. The number of hydrogen-bond donors (Lipinski definition) is 2. The smallest absolute Gasteiger partial charge is 0.432 e. The number of carbonyl (C=O) groups excluding carboxylic acids is 5. The van der Waals surface area contributed by atoms with Crippen molar-refractivity contribution >= 4 is 35.7 Å². The Morgan fingerprint density at radius 2 is 1.95 bits per heavy atom. The maximum absolute atomic E-state index is 13.2. The van der Waals surface area contributed by atoms with E-state index in [1.54, 1.807) is 12.1 Å². The number of allylic oxidation sites excluding steroid dienone is 3. The van der Waals surface area contributed by atoms with Crippen molar-refractivity contribution < 1.29 is 38.3 Å². The summed E-state index contributed by atoms with van der Waals surface area (Å²) in [7, 11) is 0. The van der Waals surface area contributed by atoms with Gasteiger partial charge < -0.3 is 25.3 Å². The first-order valence-corrected chi connectivity index (χ1v) is 12.9. The molecular weight excluding hydrogens is 506 g/mol. The van der Waals surface area contributed by atoms with E-state index in [0.717, 1.165) is 28.6 Å². The van der Waals surface area contributed by atoms with Gasteiger partial charge in [0, 0.05) is 30.2 Å². The summed E-state index contributed by atoms with van der Waals surface area (Å²) in [5.74, 6) is -2.31. The molecule has 1 aliphatic heterocycles. The number of hydroxylamine groups is 2. The van der Waals surface area contributed by atoms with Gasteiger partial charge in [-0.15, -0.1) is 0 Å². The number of fused-ring (bicyclic) bond motifs is 2. The van der Waals surface area contributed by atoms with Gasteiger partial charge in [0.2, 0.25) is 0 Å². The highest BCUT2D eigenvalue weighted by atomic mass is 16.8. The molecule has 1 heterocycles. The summed E-state index contributed by atoms with van der Waals surface area (Å²) < 4.78 is 10.9. The first-order chi connectivity index (χ1) is 18.5. The number of rotatable bonds is 10. The molecule has 1 fully saturated rings. The number of imide groups is 1. The Hall–Kier alpha value is -3.83. The van der Waals surface area contributed by atoms with Crippen molar-refractivity contribution in [1.82, 2.24) is 10.4 Å². The zero-order valence-electron chi connectivity index (χ0n) is 22.2. The molecule has 4 rings (SSSR count). The highest BCUT2D eigenvalue weighted by Gasteiger charge is 2.37. The van der Waals surface area contributed by atoms with Crippen molar-refractivity contribution in [3.8, 4) is 0 Å². The lowest BCUT2D eigenvalue weighted by Crippen LogP contribution is -2.48. The second-order valence-corrected chi connectivity index (χ2v) is 10.5. The van der Waals surface area contributed by atoms with Crippen LogP contribution in [-0.2, 0) is 28.7 Å². The molecule has 1 saturated heterocycles. The van der Waals surface area contributed by atoms with Crippen molar-refractivity contribution in [3.63, 3.8) is 0 Å². The summed E-state index contributed by atoms with van der Waals surface area (Å²) in [5.41, 5.74) is 8.98. The molecule has 0 bridgehead atoms. The Morgan fingerprint density at radius 3 is 2.62 bits per heavy atom. The summed E-state index contributed by atoms with van der Waals surface area (Å²) in [6, 6.07) is 5.30. The Labute approximate surface area is 226 Å². The largest absolute Gasteiger partial charge is 0.533 e. The van der Waals surface area contributed by atoms with E-state index in [1.165, 1.54) is 0 Å². The fourth-order valence-corrected chi connectivity index (χ4v) is 4.82. The number of aldehydes is 1. The summed E-state index contributed by atoms with van der Waals surface area (Å²) in [5, 5.41) is 3.39. The maximum Gasteiger partial charge on any atom is 0.533 e. The molecule has 3 N–H and O–H groups in total. The third-order valence-electron chi connectivity index (χ3n) is 6.94. The standard InChI is InChI=1S/C28H33N3O8/c1-4-23(29)38-15-28(2,3)30-26(35)17-6-8-19-18-7-5-16(13-32)11-20(18)22(21(19)12-17)14-37-27(36)39-31-24(33)9-10-25(31)34/h5-8,12-13,16,22-23H,4,9-11,14-15,29H2,1-3H3,(H,30,35). The third-order valence-corrected chi connectivity index (χ3v) is 6.94. The van der Waals surface area contributed by atoms with E-state index in [4.69, 9.17) is 20.0 Å². The molecule has 208 valence electrons. The van der Waals surface area contributed by atoms with Crippen LogP contribution in [0.2, 0.25) is 0 Å². The maximum atomic E-state index is 13.2. The zero-order chi connectivity index (χ0) is 28.3. The normalized spacial score (nSPS) is 21.0. The molecule has 3 unspecified atom stereocenters. The minimum absolute atomic E-state index is 0.0308. The number of nitrogens with one attached hydrogen (secondary N) is 1. The minimum Gasteiger partial charge on any atom is -0.432 e. The molecule has 39 heavy (non-hydrogen) atoms. The molecule has 0 saturated carbocycles. The highest BCUT2D eigenvalue weighted by Crippen LogP contribution is 2.47. The molecule has 0 aromatic heterocycles. The molecule has 3 aliphatic rings. The summed E-state index contributed by atoms with van der Waals surface area (Å²) in [6.45, 7) is 5.64. The van der Waals surface area contributed by atoms with Crippen LogP contribution in [0.25, 0.3) is 5.57 Å². The molecule has 1 aromatic carbocycles. The van der Waals surface area contributed by atoms with Crippen molar-refractivity contribution in [3.05, 3.63) is 52.6 Å². The van der Waals surface area contributed by atoms with E-state index < -0.39 is 35.7 Å². The second kappa shape index (κ2) is 11.5. The molecule has 2 aliphatic carbocycles. The molecule has 1 aromatic rings. The number of nitrogens with zero attached hydrogens (tertiary/aromatic N) is 1. The van der Waals surface area contributed by atoms with Crippen molar-refractivity contribution in [2.75, 3.05) is 13.2 Å². The second-order valence-electron chi connectivity index (χ2n) is 10.5. The Kier molecular flexibility index (Phi) is 8.31. The first kappa shape index (κ1) is 28.2. The van der Waals surface area contributed by atoms with Crippen LogP contribution in [0.1, 0.15) is 73.9 Å². The average Bonchev–Trinajstić information content (AvgIpc) is 3.40. The van der Waals surface area contributed by atoms with Gasteiger partial charge in [-0.2, -0.15) is 0 Å². The predicted octanol–water partition coefficient (Wildman–Crippen LogP) is 2.75. The minimum atomic E-state index is -1.19. The lowest BCUT2D eigenvalue weighted by molar-refractivity contribution is -0.177. The van der Waals surface area contributed by atoms with Gasteiger partial charge in [0.1, 0.15) is 19.1 Å². The van der Waals surface area contributed by atoms with Crippen LogP contribution in [0, 0.1) is 5.92 Å². The number of nitrogens with two attached hydrogens (primary N) is 1. The summed E-state index contributed by atoms with van der Waals surface area (Å²) in [6.07, 6.45) is 3.95. The zero-order valence-corrected chi connectivity index (χ0v) is 22.2. The van der Waals surface area contributed by atoms with Crippen LogP contribution in [0.15, 0.2) is 35.9 Å². The molecule has 3 amide bonds. The van der Waals surface area contributed by atoms with Gasteiger partial charge in [-0.1, -0.05) is 35.8 Å². The lowest BCUT2D eigenvalue weighted by Gasteiger charge is -2.27. The van der Waals surface area contributed by atoms with E-state index >= 15 is 0 Å².